The number of amides is 1. The van der Waals surface area contributed by atoms with Gasteiger partial charge in [0.05, 0.1) is 5.39 Å². The molecule has 2 aromatic rings. The smallest absolute Gasteiger partial charge is 0.225 e. The number of carbonyl (C=O) groups excluding carboxylic acids is 1. The average Bonchev–Trinajstić information content (AvgIpc) is 3.18. The molecule has 0 aliphatic carbocycles. The number of thiophene rings is 1. The van der Waals surface area contributed by atoms with E-state index in [4.69, 9.17) is 5.73 Å². The number of likely N-dealkylation sites (tertiary alicyclic amines) is 1. The molecule has 2 aliphatic rings. The molecule has 6 nitrogen and oxygen atoms in total. The van der Waals surface area contributed by atoms with E-state index < -0.39 is 0 Å². The third-order valence-electron chi connectivity index (χ3n) is 5.63. The van der Waals surface area contributed by atoms with Crippen molar-refractivity contribution in [3.05, 3.63) is 16.8 Å². The summed E-state index contributed by atoms with van der Waals surface area (Å²) in [6.45, 7) is 7.57. The van der Waals surface area contributed by atoms with Gasteiger partial charge in [-0.3, -0.25) is 4.79 Å². The molecule has 1 atom stereocenters. The lowest BCUT2D eigenvalue weighted by Gasteiger charge is -2.34. The number of piperidine rings is 1. The highest BCUT2D eigenvalue weighted by atomic mass is 35.5. The van der Waals surface area contributed by atoms with Crippen molar-refractivity contribution in [1.29, 1.82) is 0 Å². The first-order chi connectivity index (χ1) is 12.0. The van der Waals surface area contributed by atoms with E-state index in [0.29, 0.717) is 5.91 Å². The molecule has 2 aromatic heterocycles. The third kappa shape index (κ3) is 3.40. The molecular weight excluding hydrogens is 370 g/mol. The van der Waals surface area contributed by atoms with Gasteiger partial charge in [0.25, 0.3) is 0 Å². The second-order valence-electron chi connectivity index (χ2n) is 7.26. The number of aryl methyl sites for hydroxylation is 2. The first-order valence-electron chi connectivity index (χ1n) is 9.04. The van der Waals surface area contributed by atoms with Gasteiger partial charge in [-0.25, -0.2) is 9.97 Å². The number of fused-ring (bicyclic) bond motifs is 1. The molecule has 0 spiro atoms. The number of hydrogen-bond donors (Lipinski definition) is 1. The normalized spacial score (nSPS) is 21.3. The van der Waals surface area contributed by atoms with E-state index in [-0.39, 0.29) is 24.4 Å². The van der Waals surface area contributed by atoms with Crippen LogP contribution in [0.4, 0.5) is 5.82 Å². The molecule has 142 valence electrons. The standard InChI is InChI=1S/C18H25N5OS.ClH/c1-11-12(2)25-17-15(11)16(20-10-21-17)22-6-3-13(4-7-22)18(24)23-8-5-14(19)9-23;/h10,13-14H,3-9,19H2,1-2H3;1H/t14-;/m1./s1. The van der Waals surface area contributed by atoms with Crippen LogP contribution >= 0.6 is 23.7 Å². The highest BCUT2D eigenvalue weighted by molar-refractivity contribution is 7.18. The van der Waals surface area contributed by atoms with Crippen LogP contribution in [0.15, 0.2) is 6.33 Å². The fourth-order valence-electron chi connectivity index (χ4n) is 3.99. The van der Waals surface area contributed by atoms with Crippen LogP contribution in [-0.2, 0) is 4.79 Å². The largest absolute Gasteiger partial charge is 0.356 e. The monoisotopic (exact) mass is 395 g/mol. The number of anilines is 1. The van der Waals surface area contributed by atoms with Gasteiger partial charge >= 0.3 is 0 Å². The van der Waals surface area contributed by atoms with Gasteiger partial charge in [-0.15, -0.1) is 23.7 Å². The Hall–Kier alpha value is -1.44. The van der Waals surface area contributed by atoms with Gasteiger partial charge in [0, 0.05) is 43.0 Å². The van der Waals surface area contributed by atoms with Crippen LogP contribution in [0.1, 0.15) is 29.7 Å². The van der Waals surface area contributed by atoms with E-state index in [2.05, 4.69) is 28.7 Å². The van der Waals surface area contributed by atoms with E-state index in [1.165, 1.54) is 15.8 Å². The van der Waals surface area contributed by atoms with Crippen molar-refractivity contribution < 1.29 is 4.79 Å². The van der Waals surface area contributed by atoms with Gasteiger partial charge in [-0.1, -0.05) is 0 Å². The van der Waals surface area contributed by atoms with E-state index in [1.54, 1.807) is 17.7 Å². The Morgan fingerprint density at radius 1 is 1.19 bits per heavy atom. The molecular formula is C18H26ClN5OS. The maximum Gasteiger partial charge on any atom is 0.225 e. The maximum absolute atomic E-state index is 12.7. The lowest BCUT2D eigenvalue weighted by molar-refractivity contribution is -0.135. The molecule has 2 N–H and O–H groups in total. The Morgan fingerprint density at radius 2 is 1.92 bits per heavy atom. The second kappa shape index (κ2) is 7.66. The first-order valence-corrected chi connectivity index (χ1v) is 9.86. The summed E-state index contributed by atoms with van der Waals surface area (Å²) in [5, 5.41) is 1.18. The first kappa shape index (κ1) is 19.3. The van der Waals surface area contributed by atoms with Crippen molar-refractivity contribution in [3.8, 4) is 0 Å². The number of hydrogen-bond acceptors (Lipinski definition) is 6. The minimum absolute atomic E-state index is 0. The molecule has 0 unspecified atom stereocenters. The predicted molar refractivity (Wildman–Crippen MR) is 108 cm³/mol. The lowest BCUT2D eigenvalue weighted by Crippen LogP contribution is -2.42. The van der Waals surface area contributed by atoms with Crippen LogP contribution in [0.25, 0.3) is 10.2 Å². The van der Waals surface area contributed by atoms with Crippen molar-refractivity contribution in [2.75, 3.05) is 31.1 Å². The quantitative estimate of drug-likeness (QED) is 0.845. The summed E-state index contributed by atoms with van der Waals surface area (Å²) in [6.07, 6.45) is 4.37. The van der Waals surface area contributed by atoms with Crippen molar-refractivity contribution in [3.63, 3.8) is 0 Å². The average molecular weight is 396 g/mol. The summed E-state index contributed by atoms with van der Waals surface area (Å²) < 4.78 is 0. The number of nitrogens with zero attached hydrogens (tertiary/aromatic N) is 4. The molecule has 0 bridgehead atoms. The van der Waals surface area contributed by atoms with Crippen molar-refractivity contribution >= 4 is 45.7 Å². The molecule has 2 fully saturated rings. The van der Waals surface area contributed by atoms with E-state index in [9.17, 15) is 4.79 Å². The van der Waals surface area contributed by atoms with Crippen LogP contribution in [-0.4, -0.2) is 53.0 Å². The van der Waals surface area contributed by atoms with Crippen LogP contribution < -0.4 is 10.6 Å². The topological polar surface area (TPSA) is 75.4 Å². The SMILES string of the molecule is Cc1sc2ncnc(N3CCC(C(=O)N4CC[C@@H](N)C4)CC3)c2c1C.Cl. The van der Waals surface area contributed by atoms with Gasteiger partial charge < -0.3 is 15.5 Å². The number of rotatable bonds is 2. The third-order valence-corrected chi connectivity index (χ3v) is 6.74. The van der Waals surface area contributed by atoms with E-state index >= 15 is 0 Å². The van der Waals surface area contributed by atoms with Gasteiger partial charge in [-0.2, -0.15) is 0 Å². The molecule has 1 amide bonds. The highest BCUT2D eigenvalue weighted by Gasteiger charge is 2.32. The van der Waals surface area contributed by atoms with Crippen LogP contribution in [0.5, 0.6) is 0 Å². The summed E-state index contributed by atoms with van der Waals surface area (Å²) in [5.41, 5.74) is 7.22. The molecule has 4 heterocycles. The molecule has 8 heteroatoms. The number of aromatic nitrogens is 2. The molecule has 0 aromatic carbocycles. The predicted octanol–water partition coefficient (Wildman–Crippen LogP) is 2.51. The maximum atomic E-state index is 12.7. The summed E-state index contributed by atoms with van der Waals surface area (Å²) in [6, 6.07) is 0.156. The van der Waals surface area contributed by atoms with Crippen molar-refractivity contribution in [2.24, 2.45) is 11.7 Å². The van der Waals surface area contributed by atoms with Crippen LogP contribution in [0.3, 0.4) is 0 Å². The van der Waals surface area contributed by atoms with Crippen LogP contribution in [0, 0.1) is 19.8 Å². The Bertz CT molecular complexity index is 802. The fourth-order valence-corrected chi connectivity index (χ4v) is 4.98. The number of carbonyl (C=O) groups is 1. The second-order valence-corrected chi connectivity index (χ2v) is 8.46. The molecule has 26 heavy (non-hydrogen) atoms. The molecule has 2 aliphatic heterocycles. The van der Waals surface area contributed by atoms with Gasteiger partial charge in [0.15, 0.2) is 0 Å². The molecule has 2 saturated heterocycles. The number of halogens is 1. The summed E-state index contributed by atoms with van der Waals surface area (Å²) in [7, 11) is 0. The zero-order valence-corrected chi connectivity index (χ0v) is 16.9. The zero-order chi connectivity index (χ0) is 17.6. The molecule has 0 radical (unpaired) electrons. The Kier molecular flexibility index (Phi) is 5.69. The number of nitrogens with two attached hydrogens (primary N) is 1. The fraction of sp³-hybridized carbons (Fsp3) is 0.611. The molecule has 4 rings (SSSR count). The van der Waals surface area contributed by atoms with Crippen molar-refractivity contribution in [1.82, 2.24) is 14.9 Å². The zero-order valence-electron chi connectivity index (χ0n) is 15.3. The summed E-state index contributed by atoms with van der Waals surface area (Å²) in [5.74, 6) is 1.45. The van der Waals surface area contributed by atoms with Crippen molar-refractivity contribution in [2.45, 2.75) is 39.2 Å². The molecule has 0 saturated carbocycles. The van der Waals surface area contributed by atoms with Gasteiger partial charge in [0.2, 0.25) is 5.91 Å². The Balaban J connectivity index is 0.00000196. The van der Waals surface area contributed by atoms with Gasteiger partial charge in [-0.05, 0) is 38.7 Å². The van der Waals surface area contributed by atoms with Crippen LogP contribution in [0.2, 0.25) is 0 Å². The lowest BCUT2D eigenvalue weighted by atomic mass is 9.95. The van der Waals surface area contributed by atoms with E-state index in [1.807, 2.05) is 4.90 Å². The summed E-state index contributed by atoms with van der Waals surface area (Å²) in [4.78, 5) is 28.3. The van der Waals surface area contributed by atoms with Gasteiger partial charge in [0.1, 0.15) is 17.0 Å². The Morgan fingerprint density at radius 3 is 2.58 bits per heavy atom. The summed E-state index contributed by atoms with van der Waals surface area (Å²) >= 11 is 1.73. The minimum atomic E-state index is 0. The Labute approximate surface area is 164 Å². The highest BCUT2D eigenvalue weighted by Crippen LogP contribution is 2.35. The van der Waals surface area contributed by atoms with E-state index in [0.717, 1.165) is 56.1 Å². The minimum Gasteiger partial charge on any atom is -0.356 e.